The molecule has 31 heavy (non-hydrogen) atoms. The van der Waals surface area contributed by atoms with Gasteiger partial charge in [-0.2, -0.15) is 0 Å². The molecular weight excluding hydrogens is 398 g/mol. The van der Waals surface area contributed by atoms with E-state index in [1.807, 2.05) is 30.3 Å². The molecular formula is C24H21NO6. The summed E-state index contributed by atoms with van der Waals surface area (Å²) in [6.07, 6.45) is -0.170. The molecule has 158 valence electrons. The minimum atomic E-state index is -0.869. The van der Waals surface area contributed by atoms with Gasteiger partial charge in [0, 0.05) is 22.4 Å². The molecule has 4 rings (SSSR count). The van der Waals surface area contributed by atoms with Crippen LogP contribution in [0.4, 0.5) is 5.69 Å². The quantitative estimate of drug-likeness (QED) is 0.432. The molecule has 0 fully saturated rings. The Bertz CT molecular complexity index is 1280. The van der Waals surface area contributed by atoms with E-state index in [2.05, 4.69) is 5.32 Å². The Hall–Kier alpha value is -4.00. The standard InChI is InChI=1S/C24H21NO6/c1-14(30-23-10-15(13-26)8-9-20(23)28-2)24(27)25-18-12-21-17(11-22(18)29-3)16-6-4-5-7-19(16)31-21/h4-14H,1-3H3,(H,25,27)/t14-/m0/s1. The smallest absolute Gasteiger partial charge is 0.265 e. The number of hydrogen-bond acceptors (Lipinski definition) is 6. The first-order chi connectivity index (χ1) is 15.0. The van der Waals surface area contributed by atoms with Crippen LogP contribution in [-0.4, -0.2) is 32.5 Å². The van der Waals surface area contributed by atoms with Gasteiger partial charge in [-0.25, -0.2) is 0 Å². The van der Waals surface area contributed by atoms with E-state index in [-0.39, 0.29) is 0 Å². The third kappa shape index (κ3) is 3.90. The van der Waals surface area contributed by atoms with Crippen molar-refractivity contribution >= 4 is 39.8 Å². The van der Waals surface area contributed by atoms with E-state index in [0.29, 0.717) is 40.4 Å². The first kappa shape index (κ1) is 20.3. The minimum Gasteiger partial charge on any atom is -0.495 e. The minimum absolute atomic E-state index is 0.300. The number of amides is 1. The lowest BCUT2D eigenvalue weighted by atomic mass is 10.1. The Kier molecular flexibility index (Phi) is 5.49. The second-order valence-electron chi connectivity index (χ2n) is 6.92. The predicted molar refractivity (Wildman–Crippen MR) is 117 cm³/mol. The number of benzene rings is 3. The summed E-state index contributed by atoms with van der Waals surface area (Å²) >= 11 is 0. The van der Waals surface area contributed by atoms with Gasteiger partial charge in [-0.15, -0.1) is 0 Å². The van der Waals surface area contributed by atoms with Gasteiger partial charge >= 0.3 is 0 Å². The summed E-state index contributed by atoms with van der Waals surface area (Å²) in [4.78, 5) is 23.9. The predicted octanol–water partition coefficient (Wildman–Crippen LogP) is 4.82. The molecule has 0 unspecified atom stereocenters. The van der Waals surface area contributed by atoms with E-state index >= 15 is 0 Å². The highest BCUT2D eigenvalue weighted by Gasteiger charge is 2.20. The molecule has 0 saturated heterocycles. The molecule has 0 radical (unpaired) electrons. The summed E-state index contributed by atoms with van der Waals surface area (Å²) in [5, 5.41) is 4.68. The van der Waals surface area contributed by atoms with Crippen molar-refractivity contribution in [3.63, 3.8) is 0 Å². The van der Waals surface area contributed by atoms with Crippen LogP contribution in [0.15, 0.2) is 59.0 Å². The fourth-order valence-corrected chi connectivity index (χ4v) is 3.36. The van der Waals surface area contributed by atoms with Crippen LogP contribution in [0.25, 0.3) is 21.9 Å². The molecule has 1 aromatic heterocycles. The number of furan rings is 1. The second-order valence-corrected chi connectivity index (χ2v) is 6.92. The van der Waals surface area contributed by atoms with Crippen LogP contribution < -0.4 is 19.5 Å². The number of methoxy groups -OCH3 is 2. The van der Waals surface area contributed by atoms with Gasteiger partial charge in [0.1, 0.15) is 23.2 Å². The van der Waals surface area contributed by atoms with Crippen molar-refractivity contribution in [1.82, 2.24) is 0 Å². The number of fused-ring (bicyclic) bond motifs is 3. The number of hydrogen-bond donors (Lipinski definition) is 1. The van der Waals surface area contributed by atoms with E-state index in [9.17, 15) is 9.59 Å². The van der Waals surface area contributed by atoms with Gasteiger partial charge in [0.15, 0.2) is 17.6 Å². The van der Waals surface area contributed by atoms with Crippen LogP contribution in [0, 0.1) is 0 Å². The zero-order valence-corrected chi connectivity index (χ0v) is 17.3. The van der Waals surface area contributed by atoms with Gasteiger partial charge < -0.3 is 23.9 Å². The van der Waals surface area contributed by atoms with Crippen LogP contribution in [0.2, 0.25) is 0 Å². The third-order valence-electron chi connectivity index (χ3n) is 4.95. The molecule has 0 aliphatic rings. The summed E-state index contributed by atoms with van der Waals surface area (Å²) in [5.41, 5.74) is 2.26. The van der Waals surface area contributed by atoms with E-state index in [1.54, 1.807) is 25.1 Å². The number of anilines is 1. The maximum absolute atomic E-state index is 12.8. The number of para-hydroxylation sites is 1. The summed E-state index contributed by atoms with van der Waals surface area (Å²) < 4.78 is 22.4. The average molecular weight is 419 g/mol. The second kappa shape index (κ2) is 8.39. The van der Waals surface area contributed by atoms with Gasteiger partial charge in [0.25, 0.3) is 5.91 Å². The van der Waals surface area contributed by atoms with Crippen LogP contribution in [0.3, 0.4) is 0 Å². The van der Waals surface area contributed by atoms with Crippen molar-refractivity contribution < 1.29 is 28.2 Å². The van der Waals surface area contributed by atoms with E-state index < -0.39 is 12.0 Å². The topological polar surface area (TPSA) is 87.0 Å². The van der Waals surface area contributed by atoms with Crippen molar-refractivity contribution in [2.24, 2.45) is 0 Å². The lowest BCUT2D eigenvalue weighted by molar-refractivity contribution is -0.122. The third-order valence-corrected chi connectivity index (χ3v) is 4.95. The lowest BCUT2D eigenvalue weighted by Gasteiger charge is -2.18. The number of ether oxygens (including phenoxy) is 3. The number of carbonyl (C=O) groups is 2. The maximum atomic E-state index is 12.8. The van der Waals surface area contributed by atoms with Gasteiger partial charge in [-0.1, -0.05) is 18.2 Å². The highest BCUT2D eigenvalue weighted by atomic mass is 16.5. The average Bonchev–Trinajstić information content (AvgIpc) is 3.15. The highest BCUT2D eigenvalue weighted by molar-refractivity contribution is 6.08. The largest absolute Gasteiger partial charge is 0.495 e. The molecule has 0 saturated carbocycles. The van der Waals surface area contributed by atoms with E-state index in [0.717, 1.165) is 16.4 Å². The van der Waals surface area contributed by atoms with Gasteiger partial charge in [-0.05, 0) is 37.3 Å². The number of nitrogens with one attached hydrogen (secondary N) is 1. The molecule has 0 aliphatic heterocycles. The van der Waals surface area contributed by atoms with Gasteiger partial charge in [0.05, 0.1) is 19.9 Å². The molecule has 1 atom stereocenters. The van der Waals surface area contributed by atoms with E-state index in [1.165, 1.54) is 20.3 Å². The summed E-state index contributed by atoms with van der Waals surface area (Å²) in [5.74, 6) is 0.827. The van der Waals surface area contributed by atoms with Gasteiger partial charge in [0.2, 0.25) is 0 Å². The first-order valence-electron chi connectivity index (χ1n) is 9.64. The molecule has 3 aromatic carbocycles. The first-order valence-corrected chi connectivity index (χ1v) is 9.64. The van der Waals surface area contributed by atoms with Crippen molar-refractivity contribution in [2.45, 2.75) is 13.0 Å². The van der Waals surface area contributed by atoms with Crippen molar-refractivity contribution in [3.05, 3.63) is 60.2 Å². The normalized spacial score (nSPS) is 11.8. The SMILES string of the molecule is COc1cc2c(cc1NC(=O)[C@H](C)Oc1cc(C=O)ccc1OC)oc1ccccc12. The number of carbonyl (C=O) groups excluding carboxylic acids is 2. The zero-order chi connectivity index (χ0) is 22.0. The van der Waals surface area contributed by atoms with Crippen molar-refractivity contribution in [1.29, 1.82) is 0 Å². The maximum Gasteiger partial charge on any atom is 0.265 e. The fourth-order valence-electron chi connectivity index (χ4n) is 3.36. The van der Waals surface area contributed by atoms with Crippen LogP contribution in [0.5, 0.6) is 17.2 Å². The Balaban J connectivity index is 1.60. The highest BCUT2D eigenvalue weighted by Crippen LogP contribution is 2.36. The molecule has 0 spiro atoms. The number of rotatable bonds is 7. The van der Waals surface area contributed by atoms with Crippen LogP contribution in [-0.2, 0) is 4.79 Å². The van der Waals surface area contributed by atoms with Crippen LogP contribution in [0.1, 0.15) is 17.3 Å². The molecule has 1 amide bonds. The van der Waals surface area contributed by atoms with E-state index in [4.69, 9.17) is 18.6 Å². The summed E-state index contributed by atoms with van der Waals surface area (Å²) in [7, 11) is 3.02. The lowest BCUT2D eigenvalue weighted by Crippen LogP contribution is -2.30. The Morgan fingerprint density at radius 3 is 2.45 bits per heavy atom. The zero-order valence-electron chi connectivity index (χ0n) is 17.3. The van der Waals surface area contributed by atoms with Crippen LogP contribution >= 0.6 is 0 Å². The Morgan fingerprint density at radius 2 is 1.71 bits per heavy atom. The molecule has 1 N–H and O–H groups in total. The Labute approximate surface area is 178 Å². The monoisotopic (exact) mass is 419 g/mol. The Morgan fingerprint density at radius 1 is 0.935 bits per heavy atom. The fraction of sp³-hybridized carbons (Fsp3) is 0.167. The molecule has 0 bridgehead atoms. The summed E-state index contributed by atoms with van der Waals surface area (Å²) in [6, 6.07) is 16.0. The molecule has 4 aromatic rings. The molecule has 0 aliphatic carbocycles. The van der Waals surface area contributed by atoms with Crippen molar-refractivity contribution in [3.8, 4) is 17.2 Å². The number of aldehydes is 1. The van der Waals surface area contributed by atoms with Gasteiger partial charge in [-0.3, -0.25) is 9.59 Å². The summed E-state index contributed by atoms with van der Waals surface area (Å²) in [6.45, 7) is 1.61. The van der Waals surface area contributed by atoms with Crippen molar-refractivity contribution in [2.75, 3.05) is 19.5 Å². The molecule has 7 heteroatoms. The molecule has 7 nitrogen and oxygen atoms in total. The molecule has 1 heterocycles.